The molecule has 216 valence electrons. The minimum absolute atomic E-state index is 0.00691. The van der Waals surface area contributed by atoms with Crippen molar-refractivity contribution < 1.29 is 19.1 Å². The van der Waals surface area contributed by atoms with E-state index >= 15 is 0 Å². The number of nitrogens with zero attached hydrogens (tertiary/aromatic N) is 6. The molecule has 0 radical (unpaired) electrons. The number of carbonyl (C=O) groups is 3. The number of anilines is 3. The van der Waals surface area contributed by atoms with Crippen molar-refractivity contribution in [1.29, 1.82) is 0 Å². The monoisotopic (exact) mass is 561 g/mol. The number of carbonyl (C=O) groups excluding carboxylic acids is 3. The van der Waals surface area contributed by atoms with Crippen LogP contribution in [0, 0.1) is 6.92 Å². The molecule has 1 N–H and O–H groups in total. The minimum Gasteiger partial charge on any atom is -0.469 e. The summed E-state index contributed by atoms with van der Waals surface area (Å²) in [6.07, 6.45) is 7.49. The first-order valence-electron chi connectivity index (χ1n) is 14.0. The van der Waals surface area contributed by atoms with E-state index in [4.69, 9.17) is 4.98 Å². The Kier molecular flexibility index (Phi) is 8.27. The van der Waals surface area contributed by atoms with Gasteiger partial charge >= 0.3 is 5.97 Å². The summed E-state index contributed by atoms with van der Waals surface area (Å²) in [6.45, 7) is 5.65. The van der Waals surface area contributed by atoms with Crippen LogP contribution in [0.2, 0.25) is 0 Å². The van der Waals surface area contributed by atoms with Crippen LogP contribution in [0.3, 0.4) is 0 Å². The summed E-state index contributed by atoms with van der Waals surface area (Å²) in [5.41, 5.74) is 1.98. The second-order valence-electron chi connectivity index (χ2n) is 10.6. The van der Waals surface area contributed by atoms with Crippen LogP contribution in [0.5, 0.6) is 0 Å². The molecule has 1 amide bonds. The molecular weight excluding hydrogens is 526 g/mol. The lowest BCUT2D eigenvalue weighted by Gasteiger charge is -2.36. The molecule has 0 atom stereocenters. The van der Waals surface area contributed by atoms with Gasteiger partial charge in [-0.25, -0.2) is 9.97 Å². The lowest BCUT2D eigenvalue weighted by molar-refractivity contribution is -0.143. The molecule has 41 heavy (non-hydrogen) atoms. The van der Waals surface area contributed by atoms with Crippen LogP contribution in [-0.2, 0) is 14.3 Å². The number of Topliss-reactive ketones (excluding diaryl/α,β-unsaturated/α-hetero) is 1. The van der Waals surface area contributed by atoms with Crippen molar-refractivity contribution in [1.82, 2.24) is 24.4 Å². The number of piperazine rings is 1. The van der Waals surface area contributed by atoms with E-state index in [1.54, 1.807) is 28.8 Å². The van der Waals surface area contributed by atoms with Gasteiger partial charge in [-0.1, -0.05) is 12.8 Å². The topological polar surface area (TPSA) is 140 Å². The van der Waals surface area contributed by atoms with Gasteiger partial charge in [0.05, 0.1) is 31.0 Å². The van der Waals surface area contributed by atoms with Crippen LogP contribution in [0.1, 0.15) is 67.4 Å². The average Bonchev–Trinajstić information content (AvgIpc) is 3.50. The molecule has 5 rings (SSSR count). The van der Waals surface area contributed by atoms with E-state index in [9.17, 15) is 19.2 Å². The summed E-state index contributed by atoms with van der Waals surface area (Å²) < 4.78 is 6.30. The molecule has 1 saturated carbocycles. The number of ether oxygens (including phenoxy) is 1. The van der Waals surface area contributed by atoms with Crippen LogP contribution in [0.15, 0.2) is 29.3 Å². The number of rotatable bonds is 8. The maximum atomic E-state index is 13.4. The van der Waals surface area contributed by atoms with E-state index in [1.165, 1.54) is 14.0 Å². The fourth-order valence-corrected chi connectivity index (χ4v) is 5.75. The molecule has 3 aromatic rings. The van der Waals surface area contributed by atoms with Gasteiger partial charge in [-0.05, 0) is 44.4 Å². The number of aromatic nitrogens is 4. The molecule has 0 unspecified atom stereocenters. The van der Waals surface area contributed by atoms with Crippen molar-refractivity contribution in [2.24, 2.45) is 0 Å². The van der Waals surface area contributed by atoms with Gasteiger partial charge in [0, 0.05) is 50.2 Å². The van der Waals surface area contributed by atoms with Gasteiger partial charge in [-0.2, -0.15) is 4.98 Å². The number of hydrogen-bond donors (Lipinski definition) is 1. The highest BCUT2D eigenvalue weighted by Crippen LogP contribution is 2.32. The molecule has 2 fully saturated rings. The van der Waals surface area contributed by atoms with Crippen molar-refractivity contribution in [3.8, 4) is 0 Å². The SMILES string of the molecule is COC(=O)CCC(=O)N1CCN(c2ccc(Nc3ncc4c(C)c(C(C)=O)c(=O)n(C5CCCC5)c4n3)nc2)CC1. The first-order valence-corrected chi connectivity index (χ1v) is 14.0. The number of nitrogens with one attached hydrogen (secondary N) is 1. The van der Waals surface area contributed by atoms with Gasteiger partial charge in [0.25, 0.3) is 5.56 Å². The van der Waals surface area contributed by atoms with Gasteiger partial charge in [0.2, 0.25) is 11.9 Å². The molecular formula is C29H35N7O5. The highest BCUT2D eigenvalue weighted by atomic mass is 16.5. The number of methoxy groups -OCH3 is 1. The number of esters is 1. The molecule has 0 spiro atoms. The lowest BCUT2D eigenvalue weighted by atomic mass is 10.0. The van der Waals surface area contributed by atoms with Crippen LogP contribution < -0.4 is 15.8 Å². The van der Waals surface area contributed by atoms with Crippen LogP contribution in [0.4, 0.5) is 17.5 Å². The van der Waals surface area contributed by atoms with Crippen LogP contribution in [0.25, 0.3) is 11.0 Å². The maximum absolute atomic E-state index is 13.4. The maximum Gasteiger partial charge on any atom is 0.306 e. The van der Waals surface area contributed by atoms with Crippen LogP contribution >= 0.6 is 0 Å². The van der Waals surface area contributed by atoms with E-state index in [0.717, 1.165) is 31.4 Å². The van der Waals surface area contributed by atoms with Crippen molar-refractivity contribution >= 4 is 46.1 Å². The number of hydrogen-bond acceptors (Lipinski definition) is 10. The Bertz CT molecular complexity index is 1520. The van der Waals surface area contributed by atoms with Crippen molar-refractivity contribution in [2.45, 2.75) is 58.4 Å². The van der Waals surface area contributed by atoms with Crippen molar-refractivity contribution in [3.05, 3.63) is 46.0 Å². The molecule has 3 aromatic heterocycles. The largest absolute Gasteiger partial charge is 0.469 e. The molecule has 4 heterocycles. The van der Waals surface area contributed by atoms with E-state index in [1.807, 2.05) is 12.1 Å². The first-order chi connectivity index (χ1) is 19.8. The first kappa shape index (κ1) is 28.2. The zero-order valence-corrected chi connectivity index (χ0v) is 23.7. The third kappa shape index (κ3) is 5.91. The third-order valence-corrected chi connectivity index (χ3v) is 8.01. The number of fused-ring (bicyclic) bond motifs is 1. The molecule has 2 aliphatic rings. The van der Waals surface area contributed by atoms with Gasteiger partial charge in [0.15, 0.2) is 5.78 Å². The molecule has 1 saturated heterocycles. The molecule has 12 nitrogen and oxygen atoms in total. The quantitative estimate of drug-likeness (QED) is 0.322. The molecule has 0 aromatic carbocycles. The summed E-state index contributed by atoms with van der Waals surface area (Å²) in [5.74, 6) is 0.189. The number of aryl methyl sites for hydroxylation is 1. The Labute approximate surface area is 237 Å². The standard InChI is InChI=1S/C29H35N7O5/c1-18-22-17-31-29(33-27(22)36(20-6-4-5-7-20)28(40)26(18)19(2)37)32-23-9-8-21(16-30-23)34-12-14-35(15-13-34)24(38)10-11-25(39)41-3/h8-9,16-17,20H,4-7,10-15H2,1-3H3,(H,30,31,32,33). The molecule has 1 aliphatic heterocycles. The van der Waals surface area contributed by atoms with Crippen molar-refractivity contribution in [3.63, 3.8) is 0 Å². The summed E-state index contributed by atoms with van der Waals surface area (Å²) in [4.78, 5) is 67.1. The predicted molar refractivity (Wildman–Crippen MR) is 154 cm³/mol. The predicted octanol–water partition coefficient (Wildman–Crippen LogP) is 3.16. The Balaban J connectivity index is 1.30. The number of ketones is 1. The summed E-state index contributed by atoms with van der Waals surface area (Å²) in [7, 11) is 1.32. The Hall–Kier alpha value is -4.35. The van der Waals surface area contributed by atoms with E-state index < -0.39 is 0 Å². The molecule has 1 aliphatic carbocycles. The Morgan fingerprint density at radius 1 is 1.02 bits per heavy atom. The second-order valence-corrected chi connectivity index (χ2v) is 10.6. The second kappa shape index (κ2) is 12.0. The lowest BCUT2D eigenvalue weighted by Crippen LogP contribution is -2.48. The normalized spacial score (nSPS) is 15.8. The van der Waals surface area contributed by atoms with E-state index in [0.29, 0.717) is 54.5 Å². The number of amides is 1. The fourth-order valence-electron chi connectivity index (χ4n) is 5.75. The molecule has 0 bridgehead atoms. The Morgan fingerprint density at radius 2 is 1.76 bits per heavy atom. The molecule has 12 heteroatoms. The number of pyridine rings is 2. The van der Waals surface area contributed by atoms with E-state index in [-0.39, 0.29) is 47.7 Å². The van der Waals surface area contributed by atoms with Gasteiger partial charge in [-0.15, -0.1) is 0 Å². The zero-order chi connectivity index (χ0) is 29.1. The summed E-state index contributed by atoms with van der Waals surface area (Å²) in [5, 5.41) is 3.84. The summed E-state index contributed by atoms with van der Waals surface area (Å²) >= 11 is 0. The van der Waals surface area contributed by atoms with Gasteiger partial charge in [0.1, 0.15) is 11.5 Å². The Morgan fingerprint density at radius 3 is 2.39 bits per heavy atom. The highest BCUT2D eigenvalue weighted by molar-refractivity contribution is 5.99. The minimum atomic E-state index is -0.383. The fraction of sp³-hybridized carbons (Fsp3) is 0.483. The van der Waals surface area contributed by atoms with E-state index in [2.05, 4.69) is 24.9 Å². The average molecular weight is 562 g/mol. The van der Waals surface area contributed by atoms with Gasteiger partial charge in [-0.3, -0.25) is 23.7 Å². The smallest absolute Gasteiger partial charge is 0.306 e. The highest BCUT2D eigenvalue weighted by Gasteiger charge is 2.26. The van der Waals surface area contributed by atoms with Crippen molar-refractivity contribution in [2.75, 3.05) is 43.5 Å². The summed E-state index contributed by atoms with van der Waals surface area (Å²) in [6, 6.07) is 3.79. The van der Waals surface area contributed by atoms with Gasteiger partial charge < -0.3 is 19.9 Å². The third-order valence-electron chi connectivity index (χ3n) is 8.01. The zero-order valence-electron chi connectivity index (χ0n) is 23.7. The van der Waals surface area contributed by atoms with Crippen LogP contribution in [-0.4, -0.2) is 75.4 Å².